The van der Waals surface area contributed by atoms with Gasteiger partial charge in [-0.1, -0.05) is 57.9 Å². The van der Waals surface area contributed by atoms with Crippen LogP contribution in [0.5, 0.6) is 0 Å². The van der Waals surface area contributed by atoms with Crippen LogP contribution in [0.1, 0.15) is 16.2 Å². The zero-order chi connectivity index (χ0) is 22.5. The van der Waals surface area contributed by atoms with Gasteiger partial charge in [0.05, 0.1) is 0 Å². The number of anilines is 1. The molecule has 0 aliphatic rings. The lowest BCUT2D eigenvalue weighted by Crippen LogP contribution is -2.13. The number of benzene rings is 2. The Bertz CT molecular complexity index is 1340. The SMILES string of the molecule is N#C/C(=C\c1ccc(-c2ccc(Br)cc2)o1)C(=O)Nc1ncc(Cc2ccccc2Cl)s1. The molecule has 0 saturated heterocycles. The maximum atomic E-state index is 12.6. The van der Waals surface area contributed by atoms with E-state index in [1.165, 1.54) is 17.4 Å². The predicted octanol–water partition coefficient (Wildman–Crippen LogP) is 6.96. The van der Waals surface area contributed by atoms with Crippen LogP contribution in [0.2, 0.25) is 5.02 Å². The number of thiazole rings is 1. The number of aromatic nitrogens is 1. The van der Waals surface area contributed by atoms with Crippen LogP contribution in [0.15, 0.2) is 81.3 Å². The molecule has 0 unspecified atom stereocenters. The third kappa shape index (κ3) is 5.35. The summed E-state index contributed by atoms with van der Waals surface area (Å²) in [6.45, 7) is 0. The summed E-state index contributed by atoms with van der Waals surface area (Å²) in [5, 5.41) is 13.2. The van der Waals surface area contributed by atoms with Crippen LogP contribution < -0.4 is 5.32 Å². The van der Waals surface area contributed by atoms with Gasteiger partial charge in [0, 0.05) is 38.6 Å². The molecule has 1 amide bonds. The Morgan fingerprint density at radius 1 is 1.19 bits per heavy atom. The molecule has 0 radical (unpaired) electrons. The van der Waals surface area contributed by atoms with Crippen molar-refractivity contribution in [3.8, 4) is 17.4 Å². The van der Waals surface area contributed by atoms with Crippen LogP contribution in [-0.2, 0) is 11.2 Å². The van der Waals surface area contributed by atoms with Gasteiger partial charge in [0.2, 0.25) is 0 Å². The molecule has 2 heterocycles. The molecule has 1 N–H and O–H groups in total. The second-order valence-corrected chi connectivity index (χ2v) is 9.17. The van der Waals surface area contributed by atoms with Crippen LogP contribution in [-0.4, -0.2) is 10.9 Å². The summed E-state index contributed by atoms with van der Waals surface area (Å²) >= 11 is 10.9. The average Bonchev–Trinajstić information content (AvgIpc) is 3.43. The number of halogens is 2. The van der Waals surface area contributed by atoms with E-state index in [1.807, 2.05) is 54.6 Å². The van der Waals surface area contributed by atoms with Crippen LogP contribution in [0.4, 0.5) is 5.13 Å². The summed E-state index contributed by atoms with van der Waals surface area (Å²) in [4.78, 5) is 17.8. The molecule has 0 fully saturated rings. The van der Waals surface area contributed by atoms with E-state index >= 15 is 0 Å². The lowest BCUT2D eigenvalue weighted by Gasteiger charge is -2.01. The average molecular weight is 525 g/mol. The number of amides is 1. The van der Waals surface area contributed by atoms with Gasteiger partial charge in [-0.3, -0.25) is 10.1 Å². The zero-order valence-electron chi connectivity index (χ0n) is 16.5. The lowest BCUT2D eigenvalue weighted by molar-refractivity contribution is -0.112. The Balaban J connectivity index is 1.45. The van der Waals surface area contributed by atoms with Crippen molar-refractivity contribution in [1.82, 2.24) is 4.98 Å². The fourth-order valence-corrected chi connectivity index (χ4v) is 4.23. The fourth-order valence-electron chi connectivity index (χ4n) is 2.93. The number of nitriles is 1. The number of nitrogens with zero attached hydrogens (tertiary/aromatic N) is 2. The standard InChI is InChI=1S/C24H15BrClN3O2S/c25-18-7-5-15(6-8-18)22-10-9-19(31-22)11-17(13-27)23(30)29-24-28-14-20(32-24)12-16-3-1-2-4-21(16)26/h1-11,14H,12H2,(H,28,29,30)/b17-11+. The van der Waals surface area contributed by atoms with E-state index in [0.717, 1.165) is 20.5 Å². The number of hydrogen-bond acceptors (Lipinski definition) is 5. The highest BCUT2D eigenvalue weighted by atomic mass is 79.9. The van der Waals surface area contributed by atoms with Gasteiger partial charge < -0.3 is 4.42 Å². The highest BCUT2D eigenvalue weighted by Gasteiger charge is 2.14. The normalized spacial score (nSPS) is 11.2. The van der Waals surface area contributed by atoms with Gasteiger partial charge in [0.1, 0.15) is 23.2 Å². The minimum absolute atomic E-state index is 0.0791. The van der Waals surface area contributed by atoms with Crippen LogP contribution >= 0.6 is 38.9 Å². The summed E-state index contributed by atoms with van der Waals surface area (Å²) in [7, 11) is 0. The minimum Gasteiger partial charge on any atom is -0.457 e. The number of furan rings is 1. The second-order valence-electron chi connectivity index (χ2n) is 6.73. The van der Waals surface area contributed by atoms with Crippen LogP contribution in [0.3, 0.4) is 0 Å². The molecule has 0 atom stereocenters. The first kappa shape index (κ1) is 22.0. The molecule has 2 aromatic heterocycles. The van der Waals surface area contributed by atoms with Crippen molar-refractivity contribution in [2.75, 3.05) is 5.32 Å². The molecule has 2 aromatic carbocycles. The predicted molar refractivity (Wildman–Crippen MR) is 130 cm³/mol. The number of carbonyl (C=O) groups is 1. The summed E-state index contributed by atoms with van der Waals surface area (Å²) in [6.07, 6.45) is 3.71. The quantitative estimate of drug-likeness (QED) is 0.218. The third-order valence-corrected chi connectivity index (χ3v) is 6.31. The third-order valence-electron chi connectivity index (χ3n) is 4.50. The topological polar surface area (TPSA) is 78.9 Å². The summed E-state index contributed by atoms with van der Waals surface area (Å²) < 4.78 is 6.74. The van der Waals surface area contributed by atoms with Crippen LogP contribution in [0.25, 0.3) is 17.4 Å². The van der Waals surface area contributed by atoms with Crippen molar-refractivity contribution >= 4 is 56.0 Å². The molecule has 158 valence electrons. The largest absolute Gasteiger partial charge is 0.457 e. The summed E-state index contributed by atoms with van der Waals surface area (Å²) in [5.41, 5.74) is 1.79. The van der Waals surface area contributed by atoms with E-state index in [0.29, 0.717) is 28.1 Å². The summed E-state index contributed by atoms with van der Waals surface area (Å²) in [5.74, 6) is 0.506. The van der Waals surface area contributed by atoms with E-state index in [9.17, 15) is 10.1 Å². The fraction of sp³-hybridized carbons (Fsp3) is 0.0417. The Morgan fingerprint density at radius 2 is 1.97 bits per heavy atom. The molecule has 32 heavy (non-hydrogen) atoms. The molecule has 8 heteroatoms. The van der Waals surface area contributed by atoms with Gasteiger partial charge >= 0.3 is 0 Å². The number of nitrogens with one attached hydrogen (secondary N) is 1. The molecule has 0 bridgehead atoms. The molecular weight excluding hydrogens is 510 g/mol. The monoisotopic (exact) mass is 523 g/mol. The molecule has 4 rings (SSSR count). The smallest absolute Gasteiger partial charge is 0.268 e. The number of hydrogen-bond donors (Lipinski definition) is 1. The van der Waals surface area contributed by atoms with Crippen LogP contribution in [0, 0.1) is 11.3 Å². The lowest BCUT2D eigenvalue weighted by atomic mass is 10.1. The van der Waals surface area contributed by atoms with Gasteiger partial charge in [-0.25, -0.2) is 4.98 Å². The Morgan fingerprint density at radius 3 is 2.72 bits per heavy atom. The van der Waals surface area contributed by atoms with Gasteiger partial charge in [-0.05, 0) is 35.9 Å². The molecule has 4 aromatic rings. The summed E-state index contributed by atoms with van der Waals surface area (Å²) in [6, 6.07) is 20.7. The first-order valence-electron chi connectivity index (χ1n) is 9.49. The molecule has 5 nitrogen and oxygen atoms in total. The maximum Gasteiger partial charge on any atom is 0.268 e. The first-order valence-corrected chi connectivity index (χ1v) is 11.5. The van der Waals surface area contributed by atoms with E-state index in [2.05, 4.69) is 26.2 Å². The van der Waals surface area contributed by atoms with Gasteiger partial charge in [0.25, 0.3) is 5.91 Å². The molecule has 0 saturated carbocycles. The zero-order valence-corrected chi connectivity index (χ0v) is 19.7. The second kappa shape index (κ2) is 9.96. The van der Waals surface area contributed by atoms with Gasteiger partial charge in [0.15, 0.2) is 5.13 Å². The highest BCUT2D eigenvalue weighted by Crippen LogP contribution is 2.27. The number of rotatable bonds is 6. The van der Waals surface area contributed by atoms with E-state index < -0.39 is 5.91 Å². The Hall–Kier alpha value is -3.18. The maximum absolute atomic E-state index is 12.6. The van der Waals surface area contributed by atoms with Crippen molar-refractivity contribution in [3.63, 3.8) is 0 Å². The van der Waals surface area contributed by atoms with Crippen molar-refractivity contribution in [2.45, 2.75) is 6.42 Å². The van der Waals surface area contributed by atoms with Crippen molar-refractivity contribution in [2.24, 2.45) is 0 Å². The van der Waals surface area contributed by atoms with E-state index in [-0.39, 0.29) is 5.57 Å². The van der Waals surface area contributed by atoms with E-state index in [1.54, 1.807) is 18.3 Å². The molecule has 0 aliphatic carbocycles. The van der Waals surface area contributed by atoms with Crippen molar-refractivity contribution < 1.29 is 9.21 Å². The highest BCUT2D eigenvalue weighted by molar-refractivity contribution is 9.10. The molecule has 0 aliphatic heterocycles. The first-order chi connectivity index (χ1) is 15.5. The Kier molecular flexibility index (Phi) is 6.86. The molecular formula is C24H15BrClN3O2S. The van der Waals surface area contributed by atoms with Crippen molar-refractivity contribution in [1.29, 1.82) is 5.26 Å². The van der Waals surface area contributed by atoms with Gasteiger partial charge in [-0.2, -0.15) is 5.26 Å². The van der Waals surface area contributed by atoms with Gasteiger partial charge in [-0.15, -0.1) is 11.3 Å². The molecule has 0 spiro atoms. The number of carbonyl (C=O) groups excluding carboxylic acids is 1. The van der Waals surface area contributed by atoms with E-state index in [4.69, 9.17) is 16.0 Å². The minimum atomic E-state index is -0.548. The van der Waals surface area contributed by atoms with Crippen molar-refractivity contribution in [3.05, 3.63) is 98.1 Å². The Labute approximate surface area is 202 Å².